The van der Waals surface area contributed by atoms with E-state index in [4.69, 9.17) is 4.74 Å². The summed E-state index contributed by atoms with van der Waals surface area (Å²) in [6.07, 6.45) is 2.17. The smallest absolute Gasteiger partial charge is 0.345 e. The van der Waals surface area contributed by atoms with Crippen LogP contribution >= 0.6 is 0 Å². The molecule has 0 aliphatic rings. The number of rotatable bonds is 7. The van der Waals surface area contributed by atoms with E-state index in [0.717, 1.165) is 6.47 Å². The van der Waals surface area contributed by atoms with Crippen LogP contribution in [0.15, 0.2) is 13.6 Å². The van der Waals surface area contributed by atoms with Crippen molar-refractivity contribution in [1.29, 1.82) is 0 Å². The van der Waals surface area contributed by atoms with Gasteiger partial charge in [-0.15, -0.1) is 0 Å². The Morgan fingerprint density at radius 3 is 2.04 bits per heavy atom. The molecule has 11 heteroatoms. The molecule has 9 nitrogen and oxygen atoms in total. The van der Waals surface area contributed by atoms with Gasteiger partial charge in [-0.2, -0.15) is 0 Å². The van der Waals surface area contributed by atoms with E-state index < -0.39 is 11.8 Å². The van der Waals surface area contributed by atoms with Crippen molar-refractivity contribution in [2.24, 2.45) is 11.8 Å². The van der Waals surface area contributed by atoms with E-state index >= 15 is 0 Å². The largest absolute Gasteiger partial charge is 0.626 e. The zero-order valence-electron chi connectivity index (χ0n) is 14.3. The van der Waals surface area contributed by atoms with Crippen LogP contribution in [0.2, 0.25) is 0 Å². The van der Waals surface area contributed by atoms with Crippen molar-refractivity contribution in [1.82, 2.24) is 0 Å². The van der Waals surface area contributed by atoms with Crippen molar-refractivity contribution in [3.63, 3.8) is 0 Å². The monoisotopic (exact) mass is 700 g/mol. The van der Waals surface area contributed by atoms with Crippen LogP contribution in [0.1, 0.15) is 33.5 Å². The molecule has 25 heavy (non-hydrogen) atoms. The van der Waals surface area contributed by atoms with Gasteiger partial charge in [0.05, 0.1) is 17.6 Å². The SMILES string of the molecule is CC(C)C(=O)OCO[C-]=O.CC(C)C(=O)OCc1[c-]oc(=O)o1.[Rf].[Rh]. The van der Waals surface area contributed by atoms with Gasteiger partial charge < -0.3 is 32.6 Å². The van der Waals surface area contributed by atoms with E-state index in [0.29, 0.717) is 0 Å². The summed E-state index contributed by atoms with van der Waals surface area (Å²) in [5.74, 6) is -1.93. The van der Waals surface area contributed by atoms with E-state index in [1.54, 1.807) is 27.7 Å². The molecule has 0 spiro atoms. The Labute approximate surface area is 151 Å². The van der Waals surface area contributed by atoms with Gasteiger partial charge in [-0.3, -0.25) is 9.59 Å². The second-order valence-corrected chi connectivity index (χ2v) is 4.71. The van der Waals surface area contributed by atoms with Crippen LogP contribution in [0.25, 0.3) is 0 Å². The van der Waals surface area contributed by atoms with Crippen molar-refractivity contribution >= 4 is 18.4 Å². The summed E-state index contributed by atoms with van der Waals surface area (Å²) in [4.78, 5) is 41.3. The number of esters is 2. The molecule has 0 amide bonds. The minimum absolute atomic E-state index is 0. The van der Waals surface area contributed by atoms with Crippen molar-refractivity contribution < 1.29 is 56.9 Å². The molecule has 0 N–H and O–H groups in total. The average molecular weight is 700 g/mol. The van der Waals surface area contributed by atoms with Crippen LogP contribution in [0, 0.1) is 18.1 Å². The standard InChI is InChI=1S/C8H9O5.C6H9O4.Rf.Rh/c1-5(2)7(9)11-3-6-4-12-8(10)13-6;1-5(2)6(8)10-4-9-3-7;;/h5H,3H2,1-2H3;5H,4H2,1-2H3;;/q2*-1;;. The van der Waals surface area contributed by atoms with E-state index in [-0.39, 0.29) is 56.4 Å². The van der Waals surface area contributed by atoms with Gasteiger partial charge in [0.25, 0.3) is 0 Å². The van der Waals surface area contributed by atoms with Crippen LogP contribution in [-0.4, -0.2) is 25.2 Å². The third kappa shape index (κ3) is 13.2. The van der Waals surface area contributed by atoms with Gasteiger partial charge in [0, 0.05) is 19.5 Å². The Hall–Kier alpha value is -2.96. The molecule has 141 valence electrons. The van der Waals surface area contributed by atoms with Gasteiger partial charge in [0.2, 0.25) is 6.79 Å². The Balaban J connectivity index is -0.000000370. The molecule has 1 radical (unpaired) electrons. The van der Waals surface area contributed by atoms with Crippen LogP contribution in [-0.2, 0) is 54.7 Å². The van der Waals surface area contributed by atoms with E-state index in [1.807, 2.05) is 0 Å². The van der Waals surface area contributed by atoms with E-state index in [9.17, 15) is 19.2 Å². The minimum Gasteiger partial charge on any atom is -0.626 e. The van der Waals surface area contributed by atoms with E-state index in [2.05, 4.69) is 24.6 Å². The predicted molar refractivity (Wildman–Crippen MR) is 73.3 cm³/mol. The summed E-state index contributed by atoms with van der Waals surface area (Å²) in [5, 5.41) is 0. The summed E-state index contributed by atoms with van der Waals surface area (Å²) in [7, 11) is 0. The van der Waals surface area contributed by atoms with Crippen LogP contribution in [0.5, 0.6) is 0 Å². The van der Waals surface area contributed by atoms with Crippen LogP contribution in [0.4, 0.5) is 0 Å². The summed E-state index contributed by atoms with van der Waals surface area (Å²) in [6.45, 7) is 7.45. The number of carbonyl (C=O) groups is 2. The molecule has 1 aromatic rings. The Kier molecular flexibility index (Phi) is 15.7. The summed E-state index contributed by atoms with van der Waals surface area (Å²) >= 11 is 0. The third-order valence-corrected chi connectivity index (χ3v) is 2.06. The minimum atomic E-state index is -0.851. The summed E-state index contributed by atoms with van der Waals surface area (Å²) < 4.78 is 21.8. The van der Waals surface area contributed by atoms with Crippen LogP contribution in [0.3, 0.4) is 0 Å². The first-order chi connectivity index (χ1) is 10.8. The molecule has 0 saturated heterocycles. The van der Waals surface area contributed by atoms with Gasteiger partial charge >= 0.3 is 17.8 Å². The van der Waals surface area contributed by atoms with Crippen molar-refractivity contribution in [2.75, 3.05) is 6.79 Å². The molecule has 0 aromatic carbocycles. The first-order valence-corrected chi connectivity index (χ1v) is 6.60. The Bertz CT molecular complexity index is 550. The van der Waals surface area contributed by atoms with E-state index in [1.165, 1.54) is 0 Å². The molecule has 0 atom stereocenters. The number of hydrogen-bond donors (Lipinski definition) is 0. The van der Waals surface area contributed by atoms with Gasteiger partial charge in [-0.25, -0.2) is 0 Å². The van der Waals surface area contributed by atoms with Gasteiger partial charge in [0.1, 0.15) is 6.61 Å². The second kappa shape index (κ2) is 14.6. The van der Waals surface area contributed by atoms with Crippen LogP contribution < -0.4 is 5.82 Å². The molecular formula is C14H18O9RfRh-2. The topological polar surface area (TPSA) is 122 Å². The molecule has 0 aliphatic carbocycles. The third-order valence-electron chi connectivity index (χ3n) is 2.06. The number of ether oxygens (including phenoxy) is 3. The zero-order chi connectivity index (χ0) is 17.8. The quantitative estimate of drug-likeness (QED) is 0.135. The zero-order valence-corrected chi connectivity index (χ0v) is 22.3. The predicted octanol–water partition coefficient (Wildman–Crippen LogP) is 0.957. The molecular weight excluding hydrogens is 682 g/mol. The van der Waals surface area contributed by atoms with Crippen molar-refractivity contribution in [2.45, 2.75) is 34.3 Å². The molecule has 0 unspecified atom stereocenters. The fourth-order valence-corrected chi connectivity index (χ4v) is 0.881. The average Bonchev–Trinajstić information content (AvgIpc) is 2.91. The molecule has 0 bridgehead atoms. The maximum absolute atomic E-state index is 10.9. The molecule has 0 aliphatic heterocycles. The first kappa shape index (κ1) is 26.9. The summed E-state index contributed by atoms with van der Waals surface area (Å²) in [5.41, 5.74) is 0. The van der Waals surface area contributed by atoms with Gasteiger partial charge in [0.15, 0.2) is 0 Å². The van der Waals surface area contributed by atoms with Crippen molar-refractivity contribution in [3.05, 3.63) is 22.6 Å². The molecule has 1 heterocycles. The summed E-state index contributed by atoms with van der Waals surface area (Å²) in [6, 6.07) is 0. The molecule has 0 fully saturated rings. The molecule has 1 rings (SSSR count). The maximum atomic E-state index is 10.9. The van der Waals surface area contributed by atoms with Crippen molar-refractivity contribution in [3.8, 4) is 0 Å². The normalized spacial score (nSPS) is 9.04. The first-order valence-electron chi connectivity index (χ1n) is 6.60. The number of carbonyl (C=O) groups excluding carboxylic acids is 3. The maximum Gasteiger partial charge on any atom is 0.345 e. The fourth-order valence-electron chi connectivity index (χ4n) is 0.881. The second-order valence-electron chi connectivity index (χ2n) is 4.71. The van der Waals surface area contributed by atoms with Gasteiger partial charge in [-0.05, 0) is 6.26 Å². The Morgan fingerprint density at radius 1 is 1.12 bits per heavy atom. The fraction of sp³-hybridized carbons (Fsp3) is 0.571. The molecule has 0 saturated carbocycles. The van der Waals surface area contributed by atoms with Gasteiger partial charge in [-0.1, -0.05) is 34.2 Å². The Morgan fingerprint density at radius 2 is 1.64 bits per heavy atom. The number of hydrogen-bond acceptors (Lipinski definition) is 9. The molecule has 1 aromatic heterocycles.